The van der Waals surface area contributed by atoms with Crippen LogP contribution in [-0.2, 0) is 29.1 Å². The molecule has 3 N–H and O–H groups in total. The van der Waals surface area contributed by atoms with Crippen molar-refractivity contribution in [1.29, 1.82) is 5.26 Å². The first-order chi connectivity index (χ1) is 20.6. The van der Waals surface area contributed by atoms with Gasteiger partial charge in [0.05, 0.1) is 62.2 Å². The van der Waals surface area contributed by atoms with E-state index in [4.69, 9.17) is 24.7 Å². The maximum Gasteiger partial charge on any atom is 0.355 e. The van der Waals surface area contributed by atoms with E-state index in [2.05, 4.69) is 10.8 Å². The Kier molecular flexibility index (Phi) is 8.92. The molecule has 3 aromatic rings. The zero-order valence-corrected chi connectivity index (χ0v) is 24.5. The Balaban J connectivity index is 1.84. The molecule has 0 radical (unpaired) electrons. The highest BCUT2D eigenvalue weighted by atomic mass is 32.2. The van der Waals surface area contributed by atoms with Gasteiger partial charge in [-0.15, -0.1) is 0 Å². The number of benzene rings is 3. The minimum Gasteiger partial charge on any atom is -0.497 e. The zero-order chi connectivity index (χ0) is 31.3. The highest BCUT2D eigenvalue weighted by Gasteiger charge is 2.43. The molecule has 0 aliphatic carbocycles. The molecule has 0 saturated heterocycles. The van der Waals surface area contributed by atoms with Crippen LogP contribution in [0.2, 0.25) is 0 Å². The number of allylic oxidation sites excluding steroid dienone is 1. The Morgan fingerprint density at radius 1 is 0.907 bits per heavy atom. The van der Waals surface area contributed by atoms with Gasteiger partial charge in [-0.05, 0) is 42.0 Å². The Hall–Kier alpha value is -5.48. The third kappa shape index (κ3) is 5.81. The van der Waals surface area contributed by atoms with Crippen molar-refractivity contribution in [3.63, 3.8) is 0 Å². The summed E-state index contributed by atoms with van der Waals surface area (Å²) >= 11 is 0. The molecule has 0 bridgehead atoms. The predicted octanol–water partition coefficient (Wildman–Crippen LogP) is 3.40. The van der Waals surface area contributed by atoms with Crippen molar-refractivity contribution in [2.75, 3.05) is 38.1 Å². The number of rotatable bonds is 9. The molecule has 0 fully saturated rings. The summed E-state index contributed by atoms with van der Waals surface area (Å²) in [5, 5.41) is 10.2. The maximum atomic E-state index is 13.3. The third-order valence-corrected chi connectivity index (χ3v) is 8.05. The van der Waals surface area contributed by atoms with E-state index in [-0.39, 0.29) is 44.7 Å². The van der Waals surface area contributed by atoms with Crippen LogP contribution >= 0.6 is 0 Å². The van der Waals surface area contributed by atoms with E-state index in [1.807, 2.05) is 0 Å². The van der Waals surface area contributed by atoms with E-state index in [1.165, 1.54) is 49.5 Å². The van der Waals surface area contributed by atoms with Crippen molar-refractivity contribution in [2.24, 2.45) is 5.73 Å². The Morgan fingerprint density at radius 2 is 1.56 bits per heavy atom. The molecule has 0 aromatic heterocycles. The third-order valence-electron chi connectivity index (χ3n) is 6.67. The number of hydrogen-bond acceptors (Lipinski definition) is 11. The molecule has 3 aromatic carbocycles. The van der Waals surface area contributed by atoms with Crippen LogP contribution in [0.15, 0.2) is 100 Å². The summed E-state index contributed by atoms with van der Waals surface area (Å²) < 4.78 is 49.5. The smallest absolute Gasteiger partial charge is 0.355 e. The van der Waals surface area contributed by atoms with Gasteiger partial charge in [-0.3, -0.25) is 9.62 Å². The van der Waals surface area contributed by atoms with E-state index in [0.29, 0.717) is 11.3 Å². The molecule has 0 spiro atoms. The van der Waals surface area contributed by atoms with Gasteiger partial charge in [-0.2, -0.15) is 5.26 Å². The molecule has 1 atom stereocenters. The van der Waals surface area contributed by atoms with E-state index in [1.54, 1.807) is 42.5 Å². The summed E-state index contributed by atoms with van der Waals surface area (Å²) in [6.07, 6.45) is 0. The fourth-order valence-electron chi connectivity index (χ4n) is 4.65. The average Bonchev–Trinajstić information content (AvgIpc) is 3.03. The fourth-order valence-corrected chi connectivity index (χ4v) is 5.71. The van der Waals surface area contributed by atoms with Gasteiger partial charge >= 0.3 is 11.9 Å². The molecule has 0 saturated carbocycles. The number of hydrogen-bond donors (Lipinski definition) is 2. The summed E-state index contributed by atoms with van der Waals surface area (Å²) in [6, 6.07) is 20.6. The lowest BCUT2D eigenvalue weighted by molar-refractivity contribution is -0.139. The summed E-state index contributed by atoms with van der Waals surface area (Å²) in [6.45, 7) is 0. The molecule has 1 unspecified atom stereocenters. The van der Waals surface area contributed by atoms with Gasteiger partial charge in [0.2, 0.25) is 0 Å². The van der Waals surface area contributed by atoms with Gasteiger partial charge in [-0.25, -0.2) is 18.0 Å². The Morgan fingerprint density at radius 3 is 2.12 bits per heavy atom. The number of carbonyl (C=O) groups is 2. The molecule has 13 heteroatoms. The van der Waals surface area contributed by atoms with Crippen LogP contribution in [0, 0.1) is 11.3 Å². The zero-order valence-electron chi connectivity index (χ0n) is 23.7. The van der Waals surface area contributed by atoms with Crippen LogP contribution in [0.3, 0.4) is 0 Å². The number of nitriles is 1. The van der Waals surface area contributed by atoms with Crippen molar-refractivity contribution in [2.45, 2.75) is 10.8 Å². The van der Waals surface area contributed by atoms with Crippen molar-refractivity contribution in [3.8, 4) is 17.6 Å². The van der Waals surface area contributed by atoms with E-state index >= 15 is 0 Å². The Labute approximate surface area is 248 Å². The second kappa shape index (κ2) is 12.6. The molecular weight excluding hydrogens is 576 g/mol. The van der Waals surface area contributed by atoms with E-state index in [9.17, 15) is 23.3 Å². The number of carbonyl (C=O) groups excluding carboxylic acids is 2. The van der Waals surface area contributed by atoms with Gasteiger partial charge in [0.25, 0.3) is 10.0 Å². The molecule has 0 amide bonds. The molecule has 1 aliphatic heterocycles. The fraction of sp³-hybridized carbons (Fsp3) is 0.167. The number of anilines is 2. The SMILES string of the molecule is COC(=O)C1=C(C(=O)OC)N(c2ccc(S(=O)(=O)Nc3cc(OC)ccc3OC)cc2)C(N)=C(C#N)C1c1ccccc1. The Bertz CT molecular complexity index is 1760. The highest BCUT2D eigenvalue weighted by molar-refractivity contribution is 7.92. The maximum absolute atomic E-state index is 13.3. The van der Waals surface area contributed by atoms with Crippen molar-refractivity contribution in [1.82, 2.24) is 0 Å². The number of nitrogens with two attached hydrogens (primary N) is 1. The van der Waals surface area contributed by atoms with Crippen LogP contribution < -0.4 is 24.8 Å². The van der Waals surface area contributed by atoms with E-state index < -0.39 is 27.9 Å². The summed E-state index contributed by atoms with van der Waals surface area (Å²) in [4.78, 5) is 27.4. The molecule has 1 heterocycles. The van der Waals surface area contributed by atoms with Crippen LogP contribution in [-0.4, -0.2) is 48.8 Å². The van der Waals surface area contributed by atoms with Gasteiger partial charge in [0.15, 0.2) is 0 Å². The summed E-state index contributed by atoms with van der Waals surface area (Å²) in [7, 11) is 0.995. The lowest BCUT2D eigenvalue weighted by Crippen LogP contribution is -2.40. The number of sulfonamides is 1. The topological polar surface area (TPSA) is 170 Å². The standard InChI is InChI=1S/C30H28N4O8S/c1-39-20-12-15-24(40-2)23(16-20)33-43(37,38)21-13-10-19(11-14-21)34-27(30(36)42-4)26(29(35)41-3)25(22(17-31)28(34)32)18-8-6-5-7-9-18/h5-16,25,33H,32H2,1-4H3. The normalized spacial score (nSPS) is 15.0. The predicted molar refractivity (Wildman–Crippen MR) is 156 cm³/mol. The van der Waals surface area contributed by atoms with E-state index in [0.717, 1.165) is 14.2 Å². The molecular formula is C30H28N4O8S. The van der Waals surface area contributed by atoms with Crippen molar-refractivity contribution in [3.05, 3.63) is 101 Å². The second-order valence-electron chi connectivity index (χ2n) is 9.00. The first-order valence-corrected chi connectivity index (χ1v) is 14.1. The lowest BCUT2D eigenvalue weighted by Gasteiger charge is -2.35. The monoisotopic (exact) mass is 604 g/mol. The summed E-state index contributed by atoms with van der Waals surface area (Å²) in [5.74, 6) is -2.32. The first kappa shape index (κ1) is 30.5. The molecule has 222 valence electrons. The molecule has 4 rings (SSSR count). The largest absolute Gasteiger partial charge is 0.497 e. The van der Waals surface area contributed by atoms with Crippen LogP contribution in [0.25, 0.3) is 0 Å². The van der Waals surface area contributed by atoms with Crippen molar-refractivity contribution < 1.29 is 37.0 Å². The molecule has 12 nitrogen and oxygen atoms in total. The second-order valence-corrected chi connectivity index (χ2v) is 10.7. The van der Waals surface area contributed by atoms with Crippen LogP contribution in [0.1, 0.15) is 11.5 Å². The quantitative estimate of drug-likeness (QED) is 0.343. The number of nitrogens with one attached hydrogen (secondary N) is 1. The highest BCUT2D eigenvalue weighted by Crippen LogP contribution is 2.43. The minimum atomic E-state index is -4.13. The number of methoxy groups -OCH3 is 4. The van der Waals surface area contributed by atoms with Crippen molar-refractivity contribution >= 4 is 33.3 Å². The summed E-state index contributed by atoms with van der Waals surface area (Å²) in [5.41, 5.74) is 6.86. The first-order valence-electron chi connectivity index (χ1n) is 12.6. The number of nitrogens with zero attached hydrogens (tertiary/aromatic N) is 2. The minimum absolute atomic E-state index is 0.0252. The van der Waals surface area contributed by atoms with Crippen LogP contribution in [0.4, 0.5) is 11.4 Å². The van der Waals surface area contributed by atoms with Gasteiger partial charge in [0, 0.05) is 11.8 Å². The van der Waals surface area contributed by atoms with Crippen LogP contribution in [0.5, 0.6) is 11.5 Å². The average molecular weight is 605 g/mol. The van der Waals surface area contributed by atoms with Gasteiger partial charge < -0.3 is 24.7 Å². The van der Waals surface area contributed by atoms with Gasteiger partial charge in [0.1, 0.15) is 23.0 Å². The number of esters is 2. The number of ether oxygens (including phenoxy) is 4. The molecule has 1 aliphatic rings. The molecule has 43 heavy (non-hydrogen) atoms. The lowest BCUT2D eigenvalue weighted by atomic mass is 9.81. The van der Waals surface area contributed by atoms with Gasteiger partial charge in [-0.1, -0.05) is 30.3 Å².